The molecule has 0 saturated heterocycles. The lowest BCUT2D eigenvalue weighted by molar-refractivity contribution is -0.696. The first-order valence-electron chi connectivity index (χ1n) is 4.33. The minimum absolute atomic E-state index is 0.723. The lowest BCUT2D eigenvalue weighted by Crippen LogP contribution is -2.46. The van der Waals surface area contributed by atoms with Gasteiger partial charge in [0, 0.05) is 21.3 Å². The van der Waals surface area contributed by atoms with E-state index in [4.69, 9.17) is 17.7 Å². The largest absolute Gasteiger partial charge is 0.506 e. The van der Waals surface area contributed by atoms with E-state index >= 15 is 0 Å². The van der Waals surface area contributed by atoms with Crippen LogP contribution in [0.4, 0.5) is 0 Å². The van der Waals surface area contributed by atoms with Crippen molar-refractivity contribution in [1.29, 1.82) is 0 Å². The summed E-state index contributed by atoms with van der Waals surface area (Å²) in [5.74, 6) is 0. The van der Waals surface area contributed by atoms with Crippen molar-refractivity contribution in [2.45, 2.75) is 12.6 Å². The second kappa shape index (κ2) is 5.25. The zero-order valence-electron chi connectivity index (χ0n) is 8.73. The molecule has 6 heteroatoms. The van der Waals surface area contributed by atoms with E-state index in [1.807, 2.05) is 10.8 Å². The molecule has 0 amide bonds. The number of nitrogens with zero attached hydrogens (tertiary/aromatic N) is 1. The Labute approximate surface area is 84.6 Å². The molecule has 0 spiro atoms. The highest BCUT2D eigenvalue weighted by Crippen LogP contribution is 2.11. The summed E-state index contributed by atoms with van der Waals surface area (Å²) in [5, 5.41) is 0. The van der Waals surface area contributed by atoms with Crippen LogP contribution in [0.1, 0.15) is 0 Å². The van der Waals surface area contributed by atoms with Crippen molar-refractivity contribution in [2.75, 3.05) is 21.3 Å². The van der Waals surface area contributed by atoms with Crippen molar-refractivity contribution in [2.24, 2.45) is 0 Å². The van der Waals surface area contributed by atoms with Gasteiger partial charge in [0.1, 0.15) is 0 Å². The molecule has 0 saturated carbocycles. The van der Waals surface area contributed by atoms with Crippen molar-refractivity contribution >= 4 is 8.80 Å². The molecule has 5 nitrogen and oxygen atoms in total. The predicted molar refractivity (Wildman–Crippen MR) is 50.5 cm³/mol. The van der Waals surface area contributed by atoms with Gasteiger partial charge in [-0.15, -0.1) is 0 Å². The molecule has 80 valence electrons. The maximum absolute atomic E-state index is 5.29. The van der Waals surface area contributed by atoms with Crippen molar-refractivity contribution in [3.8, 4) is 0 Å². The summed E-state index contributed by atoms with van der Waals surface area (Å²) < 4.78 is 22.7. The quantitative estimate of drug-likeness (QED) is 0.513. The highest BCUT2D eigenvalue weighted by atomic mass is 28.4. The summed E-state index contributed by atoms with van der Waals surface area (Å²) in [6.45, 7) is 0.762. The van der Waals surface area contributed by atoms with Crippen LogP contribution in [-0.4, -0.2) is 30.1 Å². The van der Waals surface area contributed by atoms with Gasteiger partial charge in [-0.2, -0.15) is 4.57 Å². The SMILES string of the molecule is CO[Si](CC[n+]1ccoc1)(OC)OC. The number of hydrogen-bond acceptors (Lipinski definition) is 4. The molecule has 0 aliphatic carbocycles. The molecular formula is C8H16NO4Si+. The summed E-state index contributed by atoms with van der Waals surface area (Å²) in [4.78, 5) is 0. The number of aromatic nitrogens is 1. The fraction of sp³-hybridized carbons (Fsp3) is 0.625. The van der Waals surface area contributed by atoms with Crippen LogP contribution in [0.15, 0.2) is 23.3 Å². The first kappa shape index (κ1) is 11.4. The molecule has 0 radical (unpaired) electrons. The molecule has 1 aromatic heterocycles. The molecule has 1 aromatic rings. The molecule has 0 bridgehead atoms. The van der Waals surface area contributed by atoms with Crippen LogP contribution >= 0.6 is 0 Å². The Kier molecular flexibility index (Phi) is 4.27. The minimum atomic E-state index is -2.44. The fourth-order valence-electron chi connectivity index (χ4n) is 1.21. The summed E-state index contributed by atoms with van der Waals surface area (Å²) in [5.41, 5.74) is 0. The van der Waals surface area contributed by atoms with Crippen molar-refractivity contribution in [3.63, 3.8) is 0 Å². The molecule has 0 unspecified atom stereocenters. The van der Waals surface area contributed by atoms with Crippen LogP contribution in [0.25, 0.3) is 0 Å². The standard InChI is InChI=1S/C8H16NO4Si/c1-10-14(11-2,12-3)7-5-9-4-6-13-8-9/h4,6,8H,5,7H2,1-3H3/q+1. The van der Waals surface area contributed by atoms with Crippen molar-refractivity contribution in [1.82, 2.24) is 0 Å². The third-order valence-electron chi connectivity index (χ3n) is 2.14. The molecule has 0 atom stereocenters. The van der Waals surface area contributed by atoms with Crippen LogP contribution < -0.4 is 4.57 Å². The molecule has 14 heavy (non-hydrogen) atoms. The van der Waals surface area contributed by atoms with E-state index in [0.717, 1.165) is 12.6 Å². The number of hydrogen-bond donors (Lipinski definition) is 0. The van der Waals surface area contributed by atoms with Gasteiger partial charge < -0.3 is 17.7 Å². The number of aryl methyl sites for hydroxylation is 1. The van der Waals surface area contributed by atoms with E-state index < -0.39 is 8.80 Å². The molecule has 0 aliphatic heterocycles. The molecular weight excluding hydrogens is 202 g/mol. The first-order valence-corrected chi connectivity index (χ1v) is 6.26. The van der Waals surface area contributed by atoms with Gasteiger partial charge in [-0.1, -0.05) is 0 Å². The Morgan fingerprint density at radius 1 is 1.21 bits per heavy atom. The van der Waals surface area contributed by atoms with E-state index in [-0.39, 0.29) is 0 Å². The summed E-state index contributed by atoms with van der Waals surface area (Å²) >= 11 is 0. The Hall–Kier alpha value is -0.693. The summed E-state index contributed by atoms with van der Waals surface area (Å²) in [6, 6.07) is 0.723. The Balaban J connectivity index is 2.48. The summed E-state index contributed by atoms with van der Waals surface area (Å²) in [7, 11) is 2.40. The van der Waals surface area contributed by atoms with E-state index in [1.165, 1.54) is 0 Å². The smallest absolute Gasteiger partial charge is 0.412 e. The average Bonchev–Trinajstić information content (AvgIpc) is 2.74. The van der Waals surface area contributed by atoms with E-state index in [0.29, 0.717) is 0 Å². The van der Waals surface area contributed by atoms with Gasteiger partial charge in [-0.05, 0) is 0 Å². The maximum atomic E-state index is 5.29. The highest BCUT2D eigenvalue weighted by molar-refractivity contribution is 6.60. The normalized spacial score (nSPS) is 11.9. The topological polar surface area (TPSA) is 44.7 Å². The van der Waals surface area contributed by atoms with Crippen LogP contribution in [-0.2, 0) is 19.8 Å². The van der Waals surface area contributed by atoms with Crippen LogP contribution in [0, 0.1) is 0 Å². The Morgan fingerprint density at radius 3 is 2.29 bits per heavy atom. The van der Waals surface area contributed by atoms with E-state index in [9.17, 15) is 0 Å². The molecule has 0 aromatic carbocycles. The van der Waals surface area contributed by atoms with E-state index in [2.05, 4.69) is 0 Å². The Bertz CT molecular complexity index is 240. The molecule has 0 aliphatic rings. The zero-order chi connectivity index (χ0) is 10.4. The maximum Gasteiger partial charge on any atom is 0.506 e. The third-order valence-corrected chi connectivity index (χ3v) is 4.84. The summed E-state index contributed by atoms with van der Waals surface area (Å²) in [6.07, 6.45) is 5.11. The first-order chi connectivity index (χ1) is 6.76. The lowest BCUT2D eigenvalue weighted by Gasteiger charge is -2.22. The molecule has 0 N–H and O–H groups in total. The fourth-order valence-corrected chi connectivity index (χ4v) is 2.86. The Morgan fingerprint density at radius 2 is 1.86 bits per heavy atom. The molecule has 1 heterocycles. The zero-order valence-corrected chi connectivity index (χ0v) is 9.73. The van der Waals surface area contributed by atoms with Gasteiger partial charge in [0.2, 0.25) is 6.20 Å². The van der Waals surface area contributed by atoms with Gasteiger partial charge in [-0.3, -0.25) is 0 Å². The lowest BCUT2D eigenvalue weighted by atomic mass is 10.7. The monoisotopic (exact) mass is 218 g/mol. The second-order valence-corrected chi connectivity index (χ2v) is 5.90. The number of rotatable bonds is 6. The van der Waals surface area contributed by atoms with Crippen LogP contribution in [0.3, 0.4) is 0 Å². The van der Waals surface area contributed by atoms with Crippen molar-refractivity contribution < 1.29 is 22.3 Å². The van der Waals surface area contributed by atoms with Gasteiger partial charge in [0.15, 0.2) is 12.8 Å². The average molecular weight is 218 g/mol. The van der Waals surface area contributed by atoms with Crippen LogP contribution in [0.5, 0.6) is 0 Å². The highest BCUT2D eigenvalue weighted by Gasteiger charge is 2.39. The van der Waals surface area contributed by atoms with E-state index in [1.54, 1.807) is 34.0 Å². The molecule has 1 rings (SSSR count). The molecule has 0 fully saturated rings. The van der Waals surface area contributed by atoms with Crippen LogP contribution in [0.2, 0.25) is 6.04 Å². The van der Waals surface area contributed by atoms with Gasteiger partial charge in [0.05, 0.1) is 6.04 Å². The van der Waals surface area contributed by atoms with Gasteiger partial charge >= 0.3 is 15.2 Å². The third kappa shape index (κ3) is 2.65. The van der Waals surface area contributed by atoms with Crippen molar-refractivity contribution in [3.05, 3.63) is 18.9 Å². The second-order valence-electron chi connectivity index (χ2n) is 2.81. The van der Waals surface area contributed by atoms with Gasteiger partial charge in [-0.25, -0.2) is 0 Å². The minimum Gasteiger partial charge on any atom is -0.412 e. The number of oxazole rings is 1. The van der Waals surface area contributed by atoms with Gasteiger partial charge in [0.25, 0.3) is 0 Å². The predicted octanol–water partition coefficient (Wildman–Crippen LogP) is 0.445.